The van der Waals surface area contributed by atoms with Crippen LogP contribution < -0.4 is 4.74 Å². The molecule has 0 unspecified atom stereocenters. The lowest BCUT2D eigenvalue weighted by Gasteiger charge is -2.21. The maximum absolute atomic E-state index is 13.4. The van der Waals surface area contributed by atoms with E-state index < -0.39 is 0 Å². The van der Waals surface area contributed by atoms with Crippen LogP contribution in [0.1, 0.15) is 38.1 Å². The number of aromatic nitrogens is 4. The van der Waals surface area contributed by atoms with Gasteiger partial charge in [-0.2, -0.15) is 0 Å². The number of nitrogens with zero attached hydrogens (tertiary/aromatic N) is 4. The van der Waals surface area contributed by atoms with Gasteiger partial charge < -0.3 is 4.74 Å². The number of hydrogen-bond donors (Lipinski definition) is 0. The van der Waals surface area contributed by atoms with E-state index in [4.69, 9.17) is 4.74 Å². The van der Waals surface area contributed by atoms with Gasteiger partial charge in [-0.05, 0) is 35.4 Å². The zero-order valence-electron chi connectivity index (χ0n) is 12.3. The Kier molecular flexibility index (Phi) is 5.26. The zero-order valence-corrected chi connectivity index (χ0v) is 13.1. The molecule has 7 heteroatoms. The first-order valence-electron chi connectivity index (χ1n) is 7.62. The Balaban J connectivity index is 1.50. The van der Waals surface area contributed by atoms with Gasteiger partial charge in [0.05, 0.1) is 12.6 Å². The van der Waals surface area contributed by atoms with Gasteiger partial charge >= 0.3 is 0 Å². The molecule has 1 heterocycles. The molecule has 5 nitrogen and oxygen atoms in total. The first-order chi connectivity index (χ1) is 10.8. The number of halogens is 1. The standard InChI is InChI=1S/C15H19FN4OS/c16-13-8-4-5-9-14(13)21-10-11-22-15-17-18-19-20(15)12-6-2-1-3-7-12/h4-5,8-9,12H,1-3,6-7,10-11H2. The van der Waals surface area contributed by atoms with Crippen LogP contribution in [0.5, 0.6) is 5.75 Å². The maximum Gasteiger partial charge on any atom is 0.209 e. The van der Waals surface area contributed by atoms with Gasteiger partial charge in [0, 0.05) is 5.75 Å². The molecule has 118 valence electrons. The number of hydrogen-bond acceptors (Lipinski definition) is 5. The first kappa shape index (κ1) is 15.3. The van der Waals surface area contributed by atoms with Gasteiger partial charge in [-0.1, -0.05) is 43.2 Å². The molecule has 0 aliphatic heterocycles. The third kappa shape index (κ3) is 3.76. The zero-order chi connectivity index (χ0) is 15.2. The van der Waals surface area contributed by atoms with Gasteiger partial charge in [0.15, 0.2) is 11.6 Å². The van der Waals surface area contributed by atoms with Crippen LogP contribution in [0.4, 0.5) is 4.39 Å². The maximum atomic E-state index is 13.4. The first-order valence-corrected chi connectivity index (χ1v) is 8.61. The summed E-state index contributed by atoms with van der Waals surface area (Å²) in [6.45, 7) is 0.420. The molecule has 1 aromatic heterocycles. The topological polar surface area (TPSA) is 52.8 Å². The molecule has 3 rings (SSSR count). The highest BCUT2D eigenvalue weighted by Crippen LogP contribution is 2.30. The van der Waals surface area contributed by atoms with Crippen LogP contribution in [0, 0.1) is 5.82 Å². The van der Waals surface area contributed by atoms with Crippen molar-refractivity contribution >= 4 is 11.8 Å². The minimum atomic E-state index is -0.334. The summed E-state index contributed by atoms with van der Waals surface area (Å²) in [5, 5.41) is 12.8. The van der Waals surface area contributed by atoms with Crippen LogP contribution in [-0.4, -0.2) is 32.6 Å². The Hall–Kier alpha value is -1.63. The summed E-state index contributed by atoms with van der Waals surface area (Å²) in [5.74, 6) is 0.635. The van der Waals surface area contributed by atoms with E-state index in [2.05, 4.69) is 15.5 Å². The molecule has 1 saturated carbocycles. The van der Waals surface area contributed by atoms with Crippen molar-refractivity contribution in [3.05, 3.63) is 30.1 Å². The van der Waals surface area contributed by atoms with Crippen molar-refractivity contribution in [3.8, 4) is 5.75 Å². The summed E-state index contributed by atoms with van der Waals surface area (Å²) in [4.78, 5) is 0. The van der Waals surface area contributed by atoms with Gasteiger partial charge in [0.2, 0.25) is 5.16 Å². The SMILES string of the molecule is Fc1ccccc1OCCSc1nnnn1C1CCCCC1. The summed E-state index contributed by atoms with van der Waals surface area (Å²) in [6.07, 6.45) is 6.07. The summed E-state index contributed by atoms with van der Waals surface area (Å²) < 4.78 is 20.8. The lowest BCUT2D eigenvalue weighted by Crippen LogP contribution is -2.15. The van der Waals surface area contributed by atoms with Crippen LogP contribution in [0.2, 0.25) is 0 Å². The fourth-order valence-electron chi connectivity index (χ4n) is 2.68. The summed E-state index contributed by atoms with van der Waals surface area (Å²) in [5.41, 5.74) is 0. The van der Waals surface area contributed by atoms with Gasteiger partial charge in [0.25, 0.3) is 0 Å². The molecule has 0 saturated heterocycles. The third-order valence-electron chi connectivity index (χ3n) is 3.79. The second-order valence-corrected chi connectivity index (χ2v) is 6.39. The Labute approximate surface area is 133 Å². The average molecular weight is 322 g/mol. The van der Waals surface area contributed by atoms with E-state index in [1.54, 1.807) is 30.0 Å². The molecule has 0 amide bonds. The molecule has 0 radical (unpaired) electrons. The monoisotopic (exact) mass is 322 g/mol. The van der Waals surface area contributed by atoms with Crippen molar-refractivity contribution in [1.82, 2.24) is 20.2 Å². The largest absolute Gasteiger partial charge is 0.490 e. The summed E-state index contributed by atoms with van der Waals surface area (Å²) >= 11 is 1.55. The molecular formula is C15H19FN4OS. The highest BCUT2D eigenvalue weighted by atomic mass is 32.2. The van der Waals surface area contributed by atoms with E-state index in [0.29, 0.717) is 18.4 Å². The average Bonchev–Trinajstić information content (AvgIpc) is 3.02. The van der Waals surface area contributed by atoms with Gasteiger partial charge in [-0.3, -0.25) is 0 Å². The van der Waals surface area contributed by atoms with Crippen LogP contribution in [-0.2, 0) is 0 Å². The molecule has 1 aliphatic rings. The molecule has 1 aliphatic carbocycles. The Morgan fingerprint density at radius 2 is 2.05 bits per heavy atom. The predicted molar refractivity (Wildman–Crippen MR) is 82.6 cm³/mol. The predicted octanol–water partition coefficient (Wildman–Crippen LogP) is 3.49. The van der Waals surface area contributed by atoms with E-state index in [1.807, 2.05) is 4.68 Å². The molecule has 0 bridgehead atoms. The van der Waals surface area contributed by atoms with Crippen molar-refractivity contribution in [1.29, 1.82) is 0 Å². The normalized spacial score (nSPS) is 15.9. The van der Waals surface area contributed by atoms with E-state index in [0.717, 1.165) is 18.0 Å². The fourth-order valence-corrected chi connectivity index (χ4v) is 3.44. The van der Waals surface area contributed by atoms with Crippen LogP contribution in [0.25, 0.3) is 0 Å². The molecule has 0 spiro atoms. The summed E-state index contributed by atoms with van der Waals surface area (Å²) in [6, 6.07) is 6.85. The number of tetrazole rings is 1. The minimum Gasteiger partial charge on any atom is -0.490 e. The van der Waals surface area contributed by atoms with Crippen molar-refractivity contribution in [2.24, 2.45) is 0 Å². The van der Waals surface area contributed by atoms with Gasteiger partial charge in [0.1, 0.15) is 0 Å². The number of thioether (sulfide) groups is 1. The van der Waals surface area contributed by atoms with Crippen molar-refractivity contribution in [3.63, 3.8) is 0 Å². The van der Waals surface area contributed by atoms with E-state index in [9.17, 15) is 4.39 Å². The molecule has 0 atom stereocenters. The number of benzene rings is 1. The molecule has 0 N–H and O–H groups in total. The molecular weight excluding hydrogens is 303 g/mol. The lowest BCUT2D eigenvalue weighted by atomic mass is 9.96. The molecule has 22 heavy (non-hydrogen) atoms. The number of rotatable bonds is 6. The van der Waals surface area contributed by atoms with Crippen molar-refractivity contribution < 1.29 is 9.13 Å². The van der Waals surface area contributed by atoms with Gasteiger partial charge in [-0.15, -0.1) is 5.10 Å². The Morgan fingerprint density at radius 3 is 2.86 bits per heavy atom. The molecule has 2 aromatic rings. The summed E-state index contributed by atoms with van der Waals surface area (Å²) in [7, 11) is 0. The number of ether oxygens (including phenoxy) is 1. The third-order valence-corrected chi connectivity index (χ3v) is 4.69. The molecule has 1 aromatic carbocycles. The van der Waals surface area contributed by atoms with Gasteiger partial charge in [-0.25, -0.2) is 9.07 Å². The van der Waals surface area contributed by atoms with E-state index >= 15 is 0 Å². The van der Waals surface area contributed by atoms with Crippen LogP contribution in [0.3, 0.4) is 0 Å². The smallest absolute Gasteiger partial charge is 0.209 e. The van der Waals surface area contributed by atoms with Crippen molar-refractivity contribution in [2.45, 2.75) is 43.3 Å². The Morgan fingerprint density at radius 1 is 1.23 bits per heavy atom. The van der Waals surface area contributed by atoms with E-state index in [-0.39, 0.29) is 11.6 Å². The van der Waals surface area contributed by atoms with Crippen LogP contribution >= 0.6 is 11.8 Å². The Bertz CT molecular complexity index is 601. The highest BCUT2D eigenvalue weighted by Gasteiger charge is 2.20. The quantitative estimate of drug-likeness (QED) is 0.602. The van der Waals surface area contributed by atoms with E-state index in [1.165, 1.54) is 25.3 Å². The minimum absolute atomic E-state index is 0.287. The molecule has 1 fully saturated rings. The fraction of sp³-hybridized carbons (Fsp3) is 0.533. The second kappa shape index (κ2) is 7.58. The lowest BCUT2D eigenvalue weighted by molar-refractivity contribution is 0.306. The number of para-hydroxylation sites is 1. The van der Waals surface area contributed by atoms with Crippen LogP contribution in [0.15, 0.2) is 29.4 Å². The highest BCUT2D eigenvalue weighted by molar-refractivity contribution is 7.99. The second-order valence-electron chi connectivity index (χ2n) is 5.33. The van der Waals surface area contributed by atoms with Crippen molar-refractivity contribution in [2.75, 3.05) is 12.4 Å².